The van der Waals surface area contributed by atoms with Crippen LogP contribution in [0.2, 0.25) is 0 Å². The van der Waals surface area contributed by atoms with Crippen LogP contribution in [-0.2, 0) is 9.31 Å². The second-order valence-corrected chi connectivity index (χ2v) is 6.95. The van der Waals surface area contributed by atoms with Crippen LogP contribution in [0.5, 0.6) is 5.88 Å². The van der Waals surface area contributed by atoms with Crippen molar-refractivity contribution in [2.24, 2.45) is 0 Å². The van der Waals surface area contributed by atoms with Gasteiger partial charge >= 0.3 is 7.12 Å². The van der Waals surface area contributed by atoms with Crippen LogP contribution in [0.4, 0.5) is 0 Å². The number of fused-ring (bicyclic) bond motifs is 1. The topological polar surface area (TPSA) is 53.5 Å². The zero-order valence-corrected chi connectivity index (χ0v) is 14.6. The monoisotopic (exact) mass is 314 g/mol. The Hall–Kier alpha value is -1.66. The highest BCUT2D eigenvalue weighted by Gasteiger charge is 2.52. The van der Waals surface area contributed by atoms with E-state index in [0.29, 0.717) is 12.5 Å². The van der Waals surface area contributed by atoms with Crippen molar-refractivity contribution in [1.82, 2.24) is 9.97 Å². The van der Waals surface area contributed by atoms with Crippen molar-refractivity contribution in [3.8, 4) is 5.88 Å². The highest BCUT2D eigenvalue weighted by atomic mass is 16.7. The van der Waals surface area contributed by atoms with Crippen molar-refractivity contribution < 1.29 is 14.0 Å². The number of aryl methyl sites for hydroxylation is 1. The first-order valence-corrected chi connectivity index (χ1v) is 7.99. The molecule has 23 heavy (non-hydrogen) atoms. The number of hydrogen-bond acceptors (Lipinski definition) is 5. The largest absolute Gasteiger partial charge is 0.497 e. The van der Waals surface area contributed by atoms with Gasteiger partial charge in [0.2, 0.25) is 5.88 Å². The van der Waals surface area contributed by atoms with Gasteiger partial charge in [-0.15, -0.1) is 0 Å². The Morgan fingerprint density at radius 3 is 2.39 bits per heavy atom. The minimum atomic E-state index is -0.449. The molecule has 0 aliphatic carbocycles. The van der Waals surface area contributed by atoms with Crippen LogP contribution in [0, 0.1) is 6.92 Å². The van der Waals surface area contributed by atoms with Gasteiger partial charge in [0.25, 0.3) is 0 Å². The van der Waals surface area contributed by atoms with Gasteiger partial charge in [-0.05, 0) is 53.2 Å². The Morgan fingerprint density at radius 2 is 1.78 bits per heavy atom. The second kappa shape index (κ2) is 5.46. The zero-order valence-electron chi connectivity index (χ0n) is 14.6. The predicted octanol–water partition coefficient (Wildman–Crippen LogP) is 2.64. The van der Waals surface area contributed by atoms with Gasteiger partial charge in [-0.25, -0.2) is 9.97 Å². The van der Waals surface area contributed by atoms with E-state index in [1.54, 1.807) is 6.20 Å². The zero-order chi connectivity index (χ0) is 16.8. The van der Waals surface area contributed by atoms with Crippen molar-refractivity contribution in [3.63, 3.8) is 0 Å². The van der Waals surface area contributed by atoms with Crippen LogP contribution >= 0.6 is 0 Å². The summed E-state index contributed by atoms with van der Waals surface area (Å²) in [5.74, 6) is 0.533. The van der Waals surface area contributed by atoms with Gasteiger partial charge in [-0.3, -0.25) is 0 Å². The highest BCUT2D eigenvalue weighted by Crippen LogP contribution is 2.37. The Labute approximate surface area is 137 Å². The summed E-state index contributed by atoms with van der Waals surface area (Å²) < 4.78 is 17.8. The first-order valence-electron chi connectivity index (χ1n) is 7.99. The van der Waals surface area contributed by atoms with Crippen LogP contribution in [0.3, 0.4) is 0 Å². The van der Waals surface area contributed by atoms with Crippen LogP contribution in [0.15, 0.2) is 18.3 Å². The third-order valence-corrected chi connectivity index (χ3v) is 4.60. The molecule has 2 aromatic rings. The Bertz CT molecular complexity index is 730. The number of ether oxygens (including phenoxy) is 1. The van der Waals surface area contributed by atoms with Gasteiger partial charge < -0.3 is 14.0 Å². The van der Waals surface area contributed by atoms with Crippen LogP contribution in [0.25, 0.3) is 11.0 Å². The Morgan fingerprint density at radius 1 is 1.13 bits per heavy atom. The van der Waals surface area contributed by atoms with Crippen molar-refractivity contribution in [3.05, 3.63) is 23.9 Å². The van der Waals surface area contributed by atoms with Crippen molar-refractivity contribution in [2.45, 2.75) is 52.7 Å². The fourth-order valence-electron chi connectivity index (χ4n) is 2.65. The van der Waals surface area contributed by atoms with E-state index in [2.05, 4.69) is 16.0 Å². The summed E-state index contributed by atoms with van der Waals surface area (Å²) in [6.45, 7) is 12.7. The Balaban J connectivity index is 2.08. The quantitative estimate of drug-likeness (QED) is 0.815. The standard InChI is InChI=1S/C17H23BN2O3/c1-7-21-14-10-19-15-12(8-11(2)9-13(15)20-14)18-22-16(3,4)17(5,6)23-18/h8-10H,7H2,1-6H3. The smallest absolute Gasteiger partial charge is 0.477 e. The van der Waals surface area contributed by atoms with Crippen molar-refractivity contribution >= 4 is 23.6 Å². The summed E-state index contributed by atoms with van der Waals surface area (Å²) in [5.41, 5.74) is 2.82. The fraction of sp³-hybridized carbons (Fsp3) is 0.529. The van der Waals surface area contributed by atoms with E-state index in [1.165, 1.54) is 0 Å². The van der Waals surface area contributed by atoms with Crippen LogP contribution < -0.4 is 10.2 Å². The lowest BCUT2D eigenvalue weighted by Gasteiger charge is -2.32. The molecule has 1 aliphatic rings. The molecule has 3 rings (SSSR count). The van der Waals surface area contributed by atoms with E-state index in [-0.39, 0.29) is 11.2 Å². The molecule has 1 aromatic heterocycles. The first-order chi connectivity index (χ1) is 10.7. The summed E-state index contributed by atoms with van der Waals surface area (Å²) >= 11 is 0. The Kier molecular flexibility index (Phi) is 3.85. The third kappa shape index (κ3) is 2.81. The van der Waals surface area contributed by atoms with Gasteiger partial charge in [0.1, 0.15) is 0 Å². The molecule has 0 atom stereocenters. The molecule has 1 fully saturated rings. The molecular formula is C17H23BN2O3. The lowest BCUT2D eigenvalue weighted by atomic mass is 9.77. The summed E-state index contributed by atoms with van der Waals surface area (Å²) in [6.07, 6.45) is 1.65. The molecule has 0 unspecified atom stereocenters. The summed E-state index contributed by atoms with van der Waals surface area (Å²) in [4.78, 5) is 9.07. The van der Waals surface area contributed by atoms with Crippen LogP contribution in [0.1, 0.15) is 40.2 Å². The SMILES string of the molecule is CCOc1cnc2c(B3OC(C)(C)C(C)(C)O3)cc(C)cc2n1. The average Bonchev–Trinajstić information content (AvgIpc) is 2.66. The molecule has 1 aliphatic heterocycles. The molecule has 0 radical (unpaired) electrons. The number of nitrogens with zero attached hydrogens (tertiary/aromatic N) is 2. The molecule has 1 aromatic carbocycles. The fourth-order valence-corrected chi connectivity index (χ4v) is 2.65. The molecule has 0 saturated carbocycles. The maximum atomic E-state index is 6.17. The van der Waals surface area contributed by atoms with Gasteiger partial charge in [0.15, 0.2) is 0 Å². The van der Waals surface area contributed by atoms with Crippen molar-refractivity contribution in [2.75, 3.05) is 6.61 Å². The molecule has 0 bridgehead atoms. The summed E-state index contributed by atoms with van der Waals surface area (Å²) in [7, 11) is -0.449. The molecule has 122 valence electrons. The number of aromatic nitrogens is 2. The number of benzene rings is 1. The molecule has 0 amide bonds. The van der Waals surface area contributed by atoms with E-state index < -0.39 is 7.12 Å². The average molecular weight is 314 g/mol. The summed E-state index contributed by atoms with van der Waals surface area (Å²) in [6, 6.07) is 4.05. The predicted molar refractivity (Wildman–Crippen MR) is 91.2 cm³/mol. The molecular weight excluding hydrogens is 291 g/mol. The van der Waals surface area contributed by atoms with Gasteiger partial charge in [-0.1, -0.05) is 6.07 Å². The minimum Gasteiger partial charge on any atom is -0.477 e. The third-order valence-electron chi connectivity index (χ3n) is 4.60. The number of rotatable bonds is 3. The maximum Gasteiger partial charge on any atom is 0.497 e. The van der Waals surface area contributed by atoms with E-state index in [4.69, 9.17) is 14.0 Å². The molecule has 5 nitrogen and oxygen atoms in total. The highest BCUT2D eigenvalue weighted by molar-refractivity contribution is 6.64. The molecule has 6 heteroatoms. The lowest BCUT2D eigenvalue weighted by Crippen LogP contribution is -2.41. The van der Waals surface area contributed by atoms with Crippen molar-refractivity contribution in [1.29, 1.82) is 0 Å². The van der Waals surface area contributed by atoms with Gasteiger partial charge in [0.05, 0.1) is 35.0 Å². The molecule has 0 spiro atoms. The summed E-state index contributed by atoms with van der Waals surface area (Å²) in [5, 5.41) is 0. The van der Waals surface area contributed by atoms with E-state index in [9.17, 15) is 0 Å². The van der Waals surface area contributed by atoms with E-state index in [1.807, 2.05) is 47.6 Å². The number of hydrogen-bond donors (Lipinski definition) is 0. The minimum absolute atomic E-state index is 0.383. The van der Waals surface area contributed by atoms with Gasteiger partial charge in [0, 0.05) is 5.46 Å². The lowest BCUT2D eigenvalue weighted by molar-refractivity contribution is 0.00578. The molecule has 1 saturated heterocycles. The van der Waals surface area contributed by atoms with E-state index in [0.717, 1.165) is 22.1 Å². The first kappa shape index (κ1) is 16.2. The molecule has 2 heterocycles. The normalized spacial score (nSPS) is 19.3. The van der Waals surface area contributed by atoms with Gasteiger partial charge in [-0.2, -0.15) is 0 Å². The van der Waals surface area contributed by atoms with Crippen LogP contribution in [-0.4, -0.2) is 34.9 Å². The molecule has 0 N–H and O–H groups in total. The maximum absolute atomic E-state index is 6.17. The van der Waals surface area contributed by atoms with E-state index >= 15 is 0 Å². The second-order valence-electron chi connectivity index (χ2n) is 6.95.